The summed E-state index contributed by atoms with van der Waals surface area (Å²) in [6, 6.07) is 14.6. The zero-order valence-electron chi connectivity index (χ0n) is 7.80. The number of halogens is 2. The van der Waals surface area contributed by atoms with E-state index in [1.54, 1.807) is 0 Å². The number of hydrogen-bond donors (Lipinski definition) is 0. The Hall–Kier alpha value is -0.383. The summed E-state index contributed by atoms with van der Waals surface area (Å²) >= 11 is 6.82. The topological polar surface area (TPSA) is 0 Å². The van der Waals surface area contributed by atoms with Crippen LogP contribution in [0.2, 0.25) is 0 Å². The molecule has 0 saturated carbocycles. The molecule has 0 heterocycles. The van der Waals surface area contributed by atoms with Crippen LogP contribution in [-0.2, 0) is 0 Å². The summed E-state index contributed by atoms with van der Waals surface area (Å²) in [4.78, 5) is 0. The molecule has 0 aliphatic carbocycles. The molecule has 0 unspecified atom stereocenters. The van der Waals surface area contributed by atoms with E-state index in [0.717, 1.165) is 8.59 Å². The minimum Gasteiger partial charge on any atom is -0.0616 e. The molecule has 0 amide bonds. The van der Waals surface area contributed by atoms with Gasteiger partial charge in [-0.3, -0.25) is 0 Å². The van der Waals surface area contributed by atoms with E-state index < -0.39 is 0 Å². The third kappa shape index (κ3) is 2.24. The zero-order chi connectivity index (χ0) is 10.8. The van der Waals surface area contributed by atoms with Gasteiger partial charge in [-0.05, 0) is 53.4 Å². The van der Waals surface area contributed by atoms with Gasteiger partial charge in [-0.25, -0.2) is 0 Å². The van der Waals surface area contributed by atoms with Gasteiger partial charge in [0, 0.05) is 0 Å². The molecule has 0 nitrogen and oxygen atoms in total. The Labute approximate surface area is 109 Å². The average Bonchev–Trinajstić information content (AvgIpc) is 2.27. The van der Waals surface area contributed by atoms with Crippen LogP contribution in [0.25, 0.3) is 16.0 Å². The predicted octanol–water partition coefficient (Wildman–Crippen LogP) is 4.42. The molecule has 0 fully saturated rings. The van der Waals surface area contributed by atoms with Crippen LogP contribution in [0.3, 0.4) is 0 Å². The van der Waals surface area contributed by atoms with Crippen LogP contribution in [0, 0.1) is 0 Å². The molecule has 0 N–H and O–H groups in total. The number of hydrogen-bond acceptors (Lipinski definition) is 0. The lowest BCUT2D eigenvalue weighted by molar-refractivity contribution is 1.71. The van der Waals surface area contributed by atoms with Crippen LogP contribution in [-0.4, -0.2) is 10.2 Å². The average molecular weight is 339 g/mol. The van der Waals surface area contributed by atoms with Gasteiger partial charge in [-0.2, -0.15) is 0 Å². The Bertz CT molecular complexity index is 523. The van der Waals surface area contributed by atoms with E-state index in [4.69, 9.17) is 0 Å². The summed E-state index contributed by atoms with van der Waals surface area (Å²) in [7, 11) is 3.61. The fraction of sp³-hybridized carbons (Fsp3) is 0. The van der Waals surface area contributed by atoms with Crippen molar-refractivity contribution in [1.29, 1.82) is 0 Å². The molecule has 3 radical (unpaired) electrons. The second-order valence-electron chi connectivity index (χ2n) is 3.16. The van der Waals surface area contributed by atoms with Gasteiger partial charge in [0.1, 0.15) is 0 Å². The van der Waals surface area contributed by atoms with Crippen molar-refractivity contribution in [3.8, 4) is 0 Å². The molecule has 0 spiro atoms. The molecule has 0 saturated heterocycles. The summed E-state index contributed by atoms with van der Waals surface area (Å²) in [6.07, 6.45) is 0. The van der Waals surface area contributed by atoms with Crippen LogP contribution in [0.1, 0.15) is 5.56 Å². The molecule has 0 aliphatic rings. The molecule has 3 heteroatoms. The van der Waals surface area contributed by atoms with E-state index in [1.807, 2.05) is 12.1 Å². The first-order valence-electron chi connectivity index (χ1n) is 4.45. The summed E-state index contributed by atoms with van der Waals surface area (Å²) in [5.74, 6) is 0. The minimum absolute atomic E-state index is 0.919. The number of rotatable bonds is 1. The van der Waals surface area contributed by atoms with Crippen molar-refractivity contribution in [3.05, 3.63) is 51.4 Å². The third-order valence-corrected chi connectivity index (χ3v) is 4.29. The molecule has 2 aromatic carbocycles. The third-order valence-electron chi connectivity index (χ3n) is 2.25. The van der Waals surface area contributed by atoms with Gasteiger partial charge in [-0.1, -0.05) is 42.5 Å². The van der Waals surface area contributed by atoms with E-state index in [9.17, 15) is 0 Å². The maximum absolute atomic E-state index is 3.61. The van der Waals surface area contributed by atoms with Crippen LogP contribution in [0.5, 0.6) is 0 Å². The number of benzene rings is 2. The van der Waals surface area contributed by atoms with E-state index >= 15 is 0 Å². The van der Waals surface area contributed by atoms with Crippen molar-refractivity contribution < 1.29 is 0 Å². The molecule has 73 valence electrons. The van der Waals surface area contributed by atoms with Crippen LogP contribution >= 0.6 is 31.9 Å². The van der Waals surface area contributed by atoms with Gasteiger partial charge >= 0.3 is 0 Å². The molecule has 0 aliphatic heterocycles. The molecule has 2 rings (SSSR count). The predicted molar refractivity (Wildman–Crippen MR) is 74.5 cm³/mol. The zero-order valence-corrected chi connectivity index (χ0v) is 12.0. The van der Waals surface area contributed by atoms with Gasteiger partial charge in [-0.15, -0.1) is 0 Å². The van der Waals surface area contributed by atoms with E-state index in [-0.39, 0.29) is 0 Å². The fourth-order valence-electron chi connectivity index (χ4n) is 1.55. The van der Waals surface area contributed by atoms with Crippen molar-refractivity contribution in [2.45, 2.75) is 0 Å². The fourth-order valence-corrected chi connectivity index (χ4v) is 2.19. The monoisotopic (exact) mass is 337 g/mol. The van der Waals surface area contributed by atoms with Gasteiger partial charge in [0.2, 0.25) is 0 Å². The summed E-state index contributed by atoms with van der Waals surface area (Å²) in [5.41, 5.74) is 1.17. The quantitative estimate of drug-likeness (QED) is 0.675. The highest BCUT2D eigenvalue weighted by atomic mass is 79.9. The normalized spacial score (nSPS) is 10.3. The molecule has 0 bridgehead atoms. The van der Waals surface area contributed by atoms with Crippen LogP contribution in [0.4, 0.5) is 0 Å². The maximum atomic E-state index is 3.61. The molecule has 0 atom stereocenters. The molecule has 15 heavy (non-hydrogen) atoms. The van der Waals surface area contributed by atoms with Crippen molar-refractivity contribution in [1.82, 2.24) is 0 Å². The first kappa shape index (κ1) is 11.1. The lowest BCUT2D eigenvalue weighted by Crippen LogP contribution is -1.86. The molecular formula is C12H7Br2Si. The second-order valence-corrected chi connectivity index (χ2v) is 6.31. The lowest BCUT2D eigenvalue weighted by atomic mass is 10.0. The van der Waals surface area contributed by atoms with Crippen molar-refractivity contribution >= 4 is 58.1 Å². The van der Waals surface area contributed by atoms with Gasteiger partial charge < -0.3 is 0 Å². The highest BCUT2D eigenvalue weighted by Crippen LogP contribution is 2.29. The standard InChI is InChI=1S/C12H7Br2Si/c13-12(14)11(15)10-7-3-5-8-4-1-2-6-9(8)10/h1-7H. The molecular weight excluding hydrogens is 332 g/mol. The summed E-state index contributed by atoms with van der Waals surface area (Å²) in [5, 5.41) is 3.50. The highest BCUT2D eigenvalue weighted by Gasteiger charge is 2.04. The Morgan fingerprint density at radius 2 is 1.60 bits per heavy atom. The van der Waals surface area contributed by atoms with Crippen molar-refractivity contribution in [2.24, 2.45) is 0 Å². The molecule has 2 aromatic rings. The second kappa shape index (κ2) is 4.64. The largest absolute Gasteiger partial charge is 0.0744 e. The van der Waals surface area contributed by atoms with E-state index in [2.05, 4.69) is 72.4 Å². The smallest absolute Gasteiger partial charge is 0.0616 e. The van der Waals surface area contributed by atoms with Crippen molar-refractivity contribution in [2.75, 3.05) is 0 Å². The Balaban J connectivity index is 2.77. The Morgan fingerprint density at radius 3 is 2.33 bits per heavy atom. The van der Waals surface area contributed by atoms with Gasteiger partial charge in [0.25, 0.3) is 0 Å². The van der Waals surface area contributed by atoms with Crippen molar-refractivity contribution in [3.63, 3.8) is 0 Å². The Morgan fingerprint density at radius 1 is 0.933 bits per heavy atom. The molecule has 0 aromatic heterocycles. The minimum atomic E-state index is 0.919. The van der Waals surface area contributed by atoms with E-state index in [0.29, 0.717) is 0 Å². The summed E-state index contributed by atoms with van der Waals surface area (Å²) in [6.45, 7) is 0. The first-order valence-corrected chi connectivity index (χ1v) is 6.54. The van der Waals surface area contributed by atoms with Crippen LogP contribution < -0.4 is 0 Å². The SMILES string of the molecule is [Si]C(=C(Br)Br)c1cccc2ccccc12. The maximum Gasteiger partial charge on any atom is 0.0744 e. The first-order chi connectivity index (χ1) is 7.20. The highest BCUT2D eigenvalue weighted by molar-refractivity contribution is 9.28. The van der Waals surface area contributed by atoms with E-state index in [1.165, 1.54) is 16.3 Å². The lowest BCUT2D eigenvalue weighted by Gasteiger charge is -2.07. The summed E-state index contributed by atoms with van der Waals surface area (Å²) < 4.78 is 0.919. The Kier molecular flexibility index (Phi) is 3.44. The number of fused-ring (bicyclic) bond motifs is 1. The van der Waals surface area contributed by atoms with Crippen LogP contribution in [0.15, 0.2) is 45.9 Å². The van der Waals surface area contributed by atoms with Gasteiger partial charge in [0.15, 0.2) is 0 Å². The van der Waals surface area contributed by atoms with Gasteiger partial charge in [0.05, 0.1) is 13.6 Å².